The van der Waals surface area contributed by atoms with Crippen LogP contribution in [0.25, 0.3) is 22.2 Å². The molecule has 0 atom stereocenters. The van der Waals surface area contributed by atoms with Gasteiger partial charge in [-0.3, -0.25) is 9.58 Å². The van der Waals surface area contributed by atoms with E-state index in [1.54, 1.807) is 48.5 Å². The molecule has 8 nitrogen and oxygen atoms in total. The number of likely N-dealkylation sites (N-methyl/N-ethyl adjacent to an activating group) is 1. The first kappa shape index (κ1) is 25.6. The van der Waals surface area contributed by atoms with Gasteiger partial charge in [-0.2, -0.15) is 5.10 Å². The second-order valence-corrected chi connectivity index (χ2v) is 11.6. The van der Waals surface area contributed by atoms with Crippen LogP contribution >= 0.6 is 0 Å². The summed E-state index contributed by atoms with van der Waals surface area (Å²) in [5, 5.41) is 5.16. The first-order valence-corrected chi connectivity index (χ1v) is 14.4. The maximum absolute atomic E-state index is 13.6. The average Bonchev–Trinajstić information content (AvgIpc) is 3.53. The zero-order valence-electron chi connectivity index (χ0n) is 21.7. The minimum atomic E-state index is -3.80. The van der Waals surface area contributed by atoms with Crippen molar-refractivity contribution in [2.75, 3.05) is 26.8 Å². The molecule has 1 aliphatic carbocycles. The first-order chi connectivity index (χ1) is 17.9. The number of rotatable bonds is 9. The highest BCUT2D eigenvalue weighted by molar-refractivity contribution is 7.90. The van der Waals surface area contributed by atoms with Gasteiger partial charge in [0, 0.05) is 61.8 Å². The first-order valence-electron chi connectivity index (χ1n) is 13.0. The number of nitrogens with zero attached hydrogens (tertiary/aromatic N) is 5. The number of hydrogen-bond donors (Lipinski definition) is 0. The van der Waals surface area contributed by atoms with Crippen molar-refractivity contribution in [1.29, 1.82) is 0 Å². The quantitative estimate of drug-likeness (QED) is 0.318. The van der Waals surface area contributed by atoms with Gasteiger partial charge in [0.2, 0.25) is 0 Å². The predicted molar refractivity (Wildman–Crippen MR) is 145 cm³/mol. The molecule has 3 aromatic heterocycles. The van der Waals surface area contributed by atoms with Gasteiger partial charge in [-0.25, -0.2) is 17.4 Å². The fourth-order valence-electron chi connectivity index (χ4n) is 5.58. The van der Waals surface area contributed by atoms with E-state index in [1.165, 1.54) is 9.54 Å². The maximum atomic E-state index is 13.6. The van der Waals surface area contributed by atoms with Crippen LogP contribution in [-0.4, -0.2) is 64.9 Å². The number of hydrogen-bond acceptors (Lipinski definition) is 6. The summed E-state index contributed by atoms with van der Waals surface area (Å²) in [5.41, 5.74) is 3.30. The molecule has 1 aliphatic rings. The lowest BCUT2D eigenvalue weighted by molar-refractivity contribution is 0.103. The molecule has 3 heterocycles. The van der Waals surface area contributed by atoms with Crippen LogP contribution in [0.5, 0.6) is 0 Å². The lowest BCUT2D eigenvalue weighted by Gasteiger charge is -2.36. The Kier molecular flexibility index (Phi) is 7.46. The van der Waals surface area contributed by atoms with Crippen LogP contribution in [0.15, 0.2) is 66.1 Å². The average molecular weight is 522 g/mol. The van der Waals surface area contributed by atoms with E-state index in [1.807, 2.05) is 25.5 Å². The van der Waals surface area contributed by atoms with Gasteiger partial charge in [0.1, 0.15) is 0 Å². The number of pyridine rings is 1. The summed E-state index contributed by atoms with van der Waals surface area (Å²) < 4.78 is 35.5. The van der Waals surface area contributed by atoms with Crippen LogP contribution in [0.1, 0.15) is 44.1 Å². The van der Waals surface area contributed by atoms with Gasteiger partial charge in [-0.05, 0) is 61.9 Å². The van der Waals surface area contributed by atoms with E-state index < -0.39 is 10.0 Å². The molecule has 196 valence electrons. The molecule has 0 N–H and O–H groups in total. The van der Waals surface area contributed by atoms with Crippen LogP contribution < -0.4 is 0 Å². The fourth-order valence-corrected chi connectivity index (χ4v) is 6.93. The Balaban J connectivity index is 1.50. The number of ether oxygens (including phenoxy) is 1. The Labute approximate surface area is 218 Å². The number of aryl methyl sites for hydroxylation is 1. The Morgan fingerprint density at radius 1 is 1.08 bits per heavy atom. The third kappa shape index (κ3) is 5.08. The zero-order chi connectivity index (χ0) is 26.0. The third-order valence-electron chi connectivity index (χ3n) is 7.62. The van der Waals surface area contributed by atoms with Crippen molar-refractivity contribution in [2.24, 2.45) is 7.05 Å². The SMILES string of the molecule is CCN(CCOC)[C@H]1CC[C@@H](c2cnc3c(c2)c(-c2cnn(C)c2)cn3S(=O)(=O)c2ccccc2)CC1. The minimum Gasteiger partial charge on any atom is -0.383 e. The van der Waals surface area contributed by atoms with Crippen LogP contribution in [0.4, 0.5) is 0 Å². The molecule has 9 heteroatoms. The number of methoxy groups -OCH3 is 1. The van der Waals surface area contributed by atoms with Crippen molar-refractivity contribution >= 4 is 21.1 Å². The van der Waals surface area contributed by atoms with Gasteiger partial charge >= 0.3 is 0 Å². The monoisotopic (exact) mass is 521 g/mol. The van der Waals surface area contributed by atoms with Crippen LogP contribution in [-0.2, 0) is 21.8 Å². The summed E-state index contributed by atoms with van der Waals surface area (Å²) in [6, 6.07) is 11.2. The molecule has 0 spiro atoms. The molecule has 1 saturated carbocycles. The molecule has 0 radical (unpaired) electrons. The largest absolute Gasteiger partial charge is 0.383 e. The highest BCUT2D eigenvalue weighted by Gasteiger charge is 2.28. The molecular weight excluding hydrogens is 486 g/mol. The highest BCUT2D eigenvalue weighted by Crippen LogP contribution is 2.38. The minimum absolute atomic E-state index is 0.239. The molecule has 0 saturated heterocycles. The lowest BCUT2D eigenvalue weighted by atomic mass is 9.81. The summed E-state index contributed by atoms with van der Waals surface area (Å²) >= 11 is 0. The molecule has 1 aromatic carbocycles. The van der Waals surface area contributed by atoms with Crippen molar-refractivity contribution in [3.63, 3.8) is 0 Å². The van der Waals surface area contributed by atoms with E-state index in [4.69, 9.17) is 9.72 Å². The summed E-state index contributed by atoms with van der Waals surface area (Å²) in [4.78, 5) is 7.50. The smallest absolute Gasteiger partial charge is 0.269 e. The van der Waals surface area contributed by atoms with E-state index in [0.29, 0.717) is 17.6 Å². The van der Waals surface area contributed by atoms with E-state index >= 15 is 0 Å². The summed E-state index contributed by atoms with van der Waals surface area (Å²) in [5.74, 6) is 0.408. The van der Waals surface area contributed by atoms with Crippen molar-refractivity contribution < 1.29 is 13.2 Å². The van der Waals surface area contributed by atoms with Gasteiger partial charge < -0.3 is 4.74 Å². The van der Waals surface area contributed by atoms with Crippen molar-refractivity contribution in [1.82, 2.24) is 23.6 Å². The third-order valence-corrected chi connectivity index (χ3v) is 9.29. The van der Waals surface area contributed by atoms with Gasteiger partial charge in [-0.15, -0.1) is 0 Å². The van der Waals surface area contributed by atoms with Gasteiger partial charge in [0.05, 0.1) is 17.7 Å². The summed E-state index contributed by atoms with van der Waals surface area (Å²) in [6.45, 7) is 4.97. The number of aromatic nitrogens is 4. The molecule has 37 heavy (non-hydrogen) atoms. The lowest BCUT2D eigenvalue weighted by Crippen LogP contribution is -2.39. The molecule has 5 rings (SSSR count). The number of fused-ring (bicyclic) bond motifs is 1. The van der Waals surface area contributed by atoms with E-state index in [9.17, 15) is 8.42 Å². The van der Waals surface area contributed by atoms with Crippen molar-refractivity contribution in [2.45, 2.75) is 49.5 Å². The molecule has 0 bridgehead atoms. The van der Waals surface area contributed by atoms with E-state index in [0.717, 1.165) is 61.9 Å². The van der Waals surface area contributed by atoms with Crippen LogP contribution in [0.2, 0.25) is 0 Å². The molecular formula is C28H35N5O3S. The molecule has 4 aromatic rings. The predicted octanol–water partition coefficient (Wildman–Crippen LogP) is 4.67. The molecule has 0 unspecified atom stereocenters. The Morgan fingerprint density at radius 2 is 1.84 bits per heavy atom. The van der Waals surface area contributed by atoms with Crippen LogP contribution in [0, 0.1) is 0 Å². The van der Waals surface area contributed by atoms with Gasteiger partial charge in [-0.1, -0.05) is 25.1 Å². The van der Waals surface area contributed by atoms with E-state index in [-0.39, 0.29) is 4.90 Å². The second-order valence-electron chi connectivity index (χ2n) is 9.83. The second kappa shape index (κ2) is 10.8. The fraction of sp³-hybridized carbons (Fsp3) is 0.429. The topological polar surface area (TPSA) is 82.2 Å². The van der Waals surface area contributed by atoms with E-state index in [2.05, 4.69) is 23.0 Å². The number of benzene rings is 1. The highest BCUT2D eigenvalue weighted by atomic mass is 32.2. The zero-order valence-corrected chi connectivity index (χ0v) is 22.6. The summed E-state index contributed by atoms with van der Waals surface area (Å²) in [7, 11) is -0.185. The standard InChI is InChI=1S/C28H35N5O3S/c1-4-32(14-15-36-3)24-12-10-21(11-13-24)22-16-26-27(23-18-30-31(2)19-23)20-33(28(26)29-17-22)37(34,35)25-8-6-5-7-9-25/h5-9,16-21,24H,4,10-15H2,1-3H3/t21-,24+. The molecule has 1 fully saturated rings. The van der Waals surface area contributed by atoms with Crippen LogP contribution in [0.3, 0.4) is 0 Å². The molecule has 0 aliphatic heterocycles. The Bertz CT molecular complexity index is 1450. The van der Waals surface area contributed by atoms with Crippen molar-refractivity contribution in [3.8, 4) is 11.1 Å². The van der Waals surface area contributed by atoms with Gasteiger partial charge in [0.15, 0.2) is 5.65 Å². The maximum Gasteiger partial charge on any atom is 0.269 e. The Morgan fingerprint density at radius 3 is 2.49 bits per heavy atom. The van der Waals surface area contributed by atoms with Crippen molar-refractivity contribution in [3.05, 3.63) is 66.7 Å². The van der Waals surface area contributed by atoms with Gasteiger partial charge in [0.25, 0.3) is 10.0 Å². The normalized spacial score (nSPS) is 18.6. The molecule has 0 amide bonds. The summed E-state index contributed by atoms with van der Waals surface area (Å²) in [6.07, 6.45) is 11.7. The Hall–Kier alpha value is -3.01.